The number of allylic oxidation sites excluding steroid dienone is 1. The first-order valence-electron chi connectivity index (χ1n) is 5.47. The van der Waals surface area contributed by atoms with Crippen molar-refractivity contribution >= 4 is 0 Å². The van der Waals surface area contributed by atoms with Gasteiger partial charge in [-0.25, -0.2) is 0 Å². The summed E-state index contributed by atoms with van der Waals surface area (Å²) in [7, 11) is 0. The summed E-state index contributed by atoms with van der Waals surface area (Å²) in [6.45, 7) is 9.51. The minimum absolute atomic E-state index is 0.380. The van der Waals surface area contributed by atoms with Crippen molar-refractivity contribution in [2.45, 2.75) is 39.8 Å². The Morgan fingerprint density at radius 1 is 1.47 bits per heavy atom. The van der Waals surface area contributed by atoms with Gasteiger partial charge in [0.1, 0.15) is 0 Å². The lowest BCUT2D eigenvalue weighted by Gasteiger charge is -2.21. The zero-order chi connectivity index (χ0) is 11.3. The smallest absolute Gasteiger partial charge is 0.0641 e. The van der Waals surface area contributed by atoms with Crippen LogP contribution in [0.25, 0.3) is 0 Å². The van der Waals surface area contributed by atoms with Crippen molar-refractivity contribution in [2.24, 2.45) is 0 Å². The maximum absolute atomic E-state index is 4.24. The number of nitrogens with zero attached hydrogens (tertiary/aromatic N) is 2. The zero-order valence-corrected chi connectivity index (χ0v) is 10.1. The fourth-order valence-corrected chi connectivity index (χ4v) is 1.37. The molecule has 0 saturated carbocycles. The monoisotopic (exact) mass is 207 g/mol. The fourth-order valence-electron chi connectivity index (χ4n) is 1.37. The van der Waals surface area contributed by atoms with Gasteiger partial charge in [0.25, 0.3) is 0 Å². The van der Waals surface area contributed by atoms with E-state index in [4.69, 9.17) is 0 Å². The maximum Gasteiger partial charge on any atom is 0.0641 e. The molecule has 0 radical (unpaired) electrons. The molecule has 0 aliphatic rings. The van der Waals surface area contributed by atoms with Crippen LogP contribution in [0.1, 0.15) is 33.7 Å². The Labute approximate surface area is 92.2 Å². The van der Waals surface area contributed by atoms with Gasteiger partial charge in [0, 0.05) is 25.0 Å². The molecule has 84 valence electrons. The summed E-state index contributed by atoms with van der Waals surface area (Å²) in [5, 5.41) is 7.71. The molecule has 0 spiro atoms. The molecule has 0 aliphatic heterocycles. The van der Waals surface area contributed by atoms with Crippen molar-refractivity contribution in [3.8, 4) is 0 Å². The van der Waals surface area contributed by atoms with E-state index < -0.39 is 0 Å². The molecule has 1 rings (SSSR count). The van der Waals surface area contributed by atoms with Crippen molar-refractivity contribution in [3.63, 3.8) is 0 Å². The van der Waals surface area contributed by atoms with Gasteiger partial charge in [0.05, 0.1) is 6.04 Å². The van der Waals surface area contributed by atoms with Gasteiger partial charge in [-0.3, -0.25) is 4.68 Å². The van der Waals surface area contributed by atoms with E-state index in [0.29, 0.717) is 12.1 Å². The Morgan fingerprint density at radius 3 is 2.73 bits per heavy atom. The van der Waals surface area contributed by atoms with Gasteiger partial charge in [0.15, 0.2) is 0 Å². The highest BCUT2D eigenvalue weighted by Gasteiger charge is 2.12. The fraction of sp³-hybridized carbons (Fsp3) is 0.583. The summed E-state index contributed by atoms with van der Waals surface area (Å²) in [5.74, 6) is 0. The first kappa shape index (κ1) is 12.0. The lowest BCUT2D eigenvalue weighted by atomic mass is 10.1. The molecule has 0 fully saturated rings. The van der Waals surface area contributed by atoms with Gasteiger partial charge in [-0.05, 0) is 33.8 Å². The van der Waals surface area contributed by atoms with Gasteiger partial charge < -0.3 is 5.32 Å². The molecule has 3 heteroatoms. The van der Waals surface area contributed by atoms with Crippen LogP contribution in [-0.2, 0) is 0 Å². The van der Waals surface area contributed by atoms with Crippen LogP contribution in [0, 0.1) is 0 Å². The van der Waals surface area contributed by atoms with E-state index in [1.165, 1.54) is 5.57 Å². The summed E-state index contributed by atoms with van der Waals surface area (Å²) in [6.07, 6.45) is 6.02. The Morgan fingerprint density at radius 2 is 2.20 bits per heavy atom. The predicted molar refractivity (Wildman–Crippen MR) is 63.8 cm³/mol. The summed E-state index contributed by atoms with van der Waals surface area (Å²) < 4.78 is 1.99. The Balaban J connectivity index is 2.40. The summed E-state index contributed by atoms with van der Waals surface area (Å²) >= 11 is 0. The van der Waals surface area contributed by atoms with Crippen LogP contribution >= 0.6 is 0 Å². The van der Waals surface area contributed by atoms with Gasteiger partial charge in [-0.2, -0.15) is 5.10 Å². The Hall–Kier alpha value is -1.09. The third kappa shape index (κ3) is 3.88. The molecule has 1 N–H and O–H groups in total. The van der Waals surface area contributed by atoms with Crippen LogP contribution in [0.3, 0.4) is 0 Å². The molecule has 15 heavy (non-hydrogen) atoms. The van der Waals surface area contributed by atoms with Gasteiger partial charge in [-0.15, -0.1) is 0 Å². The van der Waals surface area contributed by atoms with Crippen LogP contribution in [0.5, 0.6) is 0 Å². The van der Waals surface area contributed by atoms with E-state index in [0.717, 1.165) is 6.54 Å². The number of nitrogens with one attached hydrogen (secondary N) is 1. The Bertz CT molecular complexity index is 297. The molecule has 2 atom stereocenters. The van der Waals surface area contributed by atoms with Crippen LogP contribution in [0.2, 0.25) is 0 Å². The van der Waals surface area contributed by atoms with E-state index in [-0.39, 0.29) is 0 Å². The third-order valence-electron chi connectivity index (χ3n) is 2.62. The number of aromatic nitrogens is 2. The third-order valence-corrected chi connectivity index (χ3v) is 2.62. The topological polar surface area (TPSA) is 29.9 Å². The quantitative estimate of drug-likeness (QED) is 0.751. The summed E-state index contributed by atoms with van der Waals surface area (Å²) in [5.41, 5.74) is 1.35. The van der Waals surface area contributed by atoms with Crippen molar-refractivity contribution in [1.29, 1.82) is 0 Å². The van der Waals surface area contributed by atoms with Crippen molar-refractivity contribution < 1.29 is 0 Å². The van der Waals surface area contributed by atoms with E-state index in [1.807, 2.05) is 23.1 Å². The van der Waals surface area contributed by atoms with Crippen LogP contribution in [0.4, 0.5) is 0 Å². The molecule has 0 aliphatic carbocycles. The minimum atomic E-state index is 0.380. The number of hydrogen-bond donors (Lipinski definition) is 1. The number of rotatable bonds is 5. The van der Waals surface area contributed by atoms with Gasteiger partial charge in [-0.1, -0.05) is 11.6 Å². The van der Waals surface area contributed by atoms with E-state index >= 15 is 0 Å². The minimum Gasteiger partial charge on any atom is -0.309 e. The average Bonchev–Trinajstić information content (AvgIpc) is 2.68. The highest BCUT2D eigenvalue weighted by atomic mass is 15.3. The molecule has 0 saturated heterocycles. The molecular weight excluding hydrogens is 186 g/mol. The van der Waals surface area contributed by atoms with Gasteiger partial charge in [0.2, 0.25) is 0 Å². The normalized spacial score (nSPS) is 14.7. The molecule has 1 heterocycles. The molecule has 3 nitrogen and oxygen atoms in total. The summed E-state index contributed by atoms with van der Waals surface area (Å²) in [6, 6.07) is 2.75. The largest absolute Gasteiger partial charge is 0.309 e. The number of hydrogen-bond acceptors (Lipinski definition) is 2. The van der Waals surface area contributed by atoms with E-state index in [1.54, 1.807) is 0 Å². The van der Waals surface area contributed by atoms with Crippen LogP contribution < -0.4 is 5.32 Å². The molecule has 0 amide bonds. The molecular formula is C12H21N3. The van der Waals surface area contributed by atoms with E-state index in [2.05, 4.69) is 44.2 Å². The van der Waals surface area contributed by atoms with Crippen LogP contribution in [-0.4, -0.2) is 22.4 Å². The lowest BCUT2D eigenvalue weighted by molar-refractivity contribution is 0.376. The first-order valence-corrected chi connectivity index (χ1v) is 5.47. The molecule has 1 aromatic rings. The Kier molecular flexibility index (Phi) is 4.56. The highest BCUT2D eigenvalue weighted by Crippen LogP contribution is 2.08. The first-order chi connectivity index (χ1) is 7.11. The molecule has 0 aromatic carbocycles. The van der Waals surface area contributed by atoms with Crippen molar-refractivity contribution in [2.75, 3.05) is 6.54 Å². The predicted octanol–water partition coefficient (Wildman–Crippen LogP) is 2.39. The van der Waals surface area contributed by atoms with Gasteiger partial charge >= 0.3 is 0 Å². The maximum atomic E-state index is 4.24. The molecule has 1 aromatic heterocycles. The van der Waals surface area contributed by atoms with Crippen molar-refractivity contribution in [3.05, 3.63) is 30.1 Å². The second-order valence-electron chi connectivity index (χ2n) is 4.21. The highest BCUT2D eigenvalue weighted by molar-refractivity contribution is 4.95. The second-order valence-corrected chi connectivity index (χ2v) is 4.21. The molecule has 0 unspecified atom stereocenters. The second kappa shape index (κ2) is 5.71. The summed E-state index contributed by atoms with van der Waals surface area (Å²) in [4.78, 5) is 0. The average molecular weight is 207 g/mol. The van der Waals surface area contributed by atoms with E-state index in [9.17, 15) is 0 Å². The standard InChI is InChI=1S/C12H21N3/c1-10(2)6-8-13-11(3)12(4)15-9-5-7-14-15/h5-7,9,11-13H,8H2,1-4H3/t11-,12-/m1/s1. The SMILES string of the molecule is CC(C)=CCN[C@H](C)[C@@H](C)n1cccn1. The molecule has 0 bridgehead atoms. The van der Waals surface area contributed by atoms with Crippen LogP contribution in [0.15, 0.2) is 30.1 Å². The van der Waals surface area contributed by atoms with Crippen molar-refractivity contribution in [1.82, 2.24) is 15.1 Å². The zero-order valence-electron chi connectivity index (χ0n) is 10.1. The lowest BCUT2D eigenvalue weighted by Crippen LogP contribution is -2.34.